The van der Waals surface area contributed by atoms with Crippen molar-refractivity contribution in [2.24, 2.45) is 11.8 Å². The molecule has 2 aromatic rings. The number of nitrogens with one attached hydrogen (secondary N) is 1. The molecule has 0 unspecified atom stereocenters. The van der Waals surface area contributed by atoms with Gasteiger partial charge in [-0.2, -0.15) is 0 Å². The maximum atomic E-state index is 12.5. The van der Waals surface area contributed by atoms with Crippen LogP contribution >= 0.6 is 0 Å². The maximum Gasteiger partial charge on any atom is 0.224 e. The number of carbonyl (C=O) groups excluding carboxylic acids is 1. The summed E-state index contributed by atoms with van der Waals surface area (Å²) < 4.78 is 0. The number of allylic oxidation sites excluding steroid dienone is 1. The molecule has 4 heteroatoms. The Morgan fingerprint density at radius 3 is 1.90 bits per heavy atom. The molecule has 164 valence electrons. The molecule has 0 bridgehead atoms. The molecular weight excluding hydrogens is 382 g/mol. The van der Waals surface area contributed by atoms with Gasteiger partial charge in [0.15, 0.2) is 0 Å². The highest BCUT2D eigenvalue weighted by Gasteiger charge is 2.47. The smallest absolute Gasteiger partial charge is 0.224 e. The fourth-order valence-electron chi connectivity index (χ4n) is 4.70. The number of rotatable bonds is 6. The van der Waals surface area contributed by atoms with Crippen LogP contribution in [0.5, 0.6) is 0 Å². The number of nitrogens with zero attached hydrogens (tertiary/aromatic N) is 2. The zero-order valence-corrected chi connectivity index (χ0v) is 19.1. The Labute approximate surface area is 186 Å². The molecule has 0 radical (unpaired) electrons. The minimum absolute atomic E-state index is 0.0890. The summed E-state index contributed by atoms with van der Waals surface area (Å²) in [5, 5.41) is 3.12. The summed E-state index contributed by atoms with van der Waals surface area (Å²) >= 11 is 0. The van der Waals surface area contributed by atoms with Crippen LogP contribution in [0.15, 0.2) is 72.9 Å². The van der Waals surface area contributed by atoms with Crippen molar-refractivity contribution >= 4 is 5.91 Å². The van der Waals surface area contributed by atoms with E-state index in [4.69, 9.17) is 0 Å². The summed E-state index contributed by atoms with van der Waals surface area (Å²) in [7, 11) is 0. The lowest BCUT2D eigenvalue weighted by Gasteiger charge is -2.41. The number of hydrogen-bond acceptors (Lipinski definition) is 3. The van der Waals surface area contributed by atoms with Gasteiger partial charge in [0, 0.05) is 49.3 Å². The molecular formula is C27H35N3O. The summed E-state index contributed by atoms with van der Waals surface area (Å²) in [6.45, 7) is 14.4. The lowest BCUT2D eigenvalue weighted by molar-refractivity contribution is -0.124. The average molecular weight is 418 g/mol. The first kappa shape index (κ1) is 21.6. The van der Waals surface area contributed by atoms with Crippen LogP contribution in [0, 0.1) is 11.8 Å². The van der Waals surface area contributed by atoms with Crippen molar-refractivity contribution in [2.75, 3.05) is 26.2 Å². The second kappa shape index (κ2) is 8.88. The van der Waals surface area contributed by atoms with Crippen LogP contribution in [-0.4, -0.2) is 47.4 Å². The molecule has 4 nitrogen and oxygen atoms in total. The molecule has 1 saturated carbocycles. The highest BCUT2D eigenvalue weighted by molar-refractivity contribution is 5.82. The quantitative estimate of drug-likeness (QED) is 0.754. The summed E-state index contributed by atoms with van der Waals surface area (Å²) in [5.74, 6) is 0.560. The van der Waals surface area contributed by atoms with E-state index < -0.39 is 0 Å². The van der Waals surface area contributed by atoms with Gasteiger partial charge in [-0.15, -0.1) is 0 Å². The van der Waals surface area contributed by atoms with Gasteiger partial charge in [0.2, 0.25) is 5.91 Å². The Kier molecular flexibility index (Phi) is 6.19. The minimum atomic E-state index is -0.179. The lowest BCUT2D eigenvalue weighted by atomic mass is 9.96. The van der Waals surface area contributed by atoms with Crippen molar-refractivity contribution in [3.8, 4) is 0 Å². The van der Waals surface area contributed by atoms with Crippen LogP contribution in [0.2, 0.25) is 0 Å². The van der Waals surface area contributed by atoms with Crippen molar-refractivity contribution in [3.05, 3.63) is 84.1 Å². The molecule has 1 amide bonds. The van der Waals surface area contributed by atoms with Gasteiger partial charge in [0.1, 0.15) is 0 Å². The second-order valence-corrected chi connectivity index (χ2v) is 9.93. The molecule has 0 aromatic heterocycles. The minimum Gasteiger partial charge on any atom is -0.372 e. The zero-order chi connectivity index (χ0) is 22.0. The molecule has 1 heterocycles. The van der Waals surface area contributed by atoms with Crippen molar-refractivity contribution in [3.63, 3.8) is 0 Å². The zero-order valence-electron chi connectivity index (χ0n) is 19.1. The van der Waals surface area contributed by atoms with Gasteiger partial charge in [-0.25, -0.2) is 0 Å². The van der Waals surface area contributed by atoms with E-state index in [1.807, 2.05) is 20.8 Å². The SMILES string of the molecule is C=C([C@H]1C[C@@H]1C(=O)NC(C)(C)C)N1CCN(C(c2ccccc2)c2ccccc2)CC1. The van der Waals surface area contributed by atoms with Gasteiger partial charge < -0.3 is 10.2 Å². The van der Waals surface area contributed by atoms with Crippen molar-refractivity contribution in [1.82, 2.24) is 15.1 Å². The van der Waals surface area contributed by atoms with E-state index in [0.29, 0.717) is 5.92 Å². The normalized spacial score (nSPS) is 21.7. The van der Waals surface area contributed by atoms with Crippen LogP contribution in [0.4, 0.5) is 0 Å². The van der Waals surface area contributed by atoms with E-state index in [2.05, 4.69) is 82.4 Å². The first-order chi connectivity index (χ1) is 14.8. The largest absolute Gasteiger partial charge is 0.372 e. The fraction of sp³-hybridized carbons (Fsp3) is 0.444. The Hall–Kier alpha value is -2.59. The van der Waals surface area contributed by atoms with Gasteiger partial charge in [-0.3, -0.25) is 9.69 Å². The van der Waals surface area contributed by atoms with Gasteiger partial charge in [0.25, 0.3) is 0 Å². The Bertz CT molecular complexity index is 856. The van der Waals surface area contributed by atoms with E-state index in [0.717, 1.165) is 38.3 Å². The topological polar surface area (TPSA) is 35.6 Å². The number of carbonyl (C=O) groups is 1. The monoisotopic (exact) mass is 417 g/mol. The Morgan fingerprint density at radius 2 is 1.42 bits per heavy atom. The summed E-state index contributed by atoms with van der Waals surface area (Å²) in [5.41, 5.74) is 3.63. The van der Waals surface area contributed by atoms with Crippen molar-refractivity contribution < 1.29 is 4.79 Å². The molecule has 1 N–H and O–H groups in total. The number of amides is 1. The first-order valence-electron chi connectivity index (χ1n) is 11.4. The Balaban J connectivity index is 1.38. The molecule has 0 spiro atoms. The predicted octanol–water partition coefficient (Wildman–Crippen LogP) is 4.46. The third-order valence-corrected chi connectivity index (χ3v) is 6.37. The second-order valence-electron chi connectivity index (χ2n) is 9.93. The number of benzene rings is 2. The average Bonchev–Trinajstić information content (AvgIpc) is 3.56. The van der Waals surface area contributed by atoms with E-state index in [1.165, 1.54) is 11.1 Å². The molecule has 1 saturated heterocycles. The van der Waals surface area contributed by atoms with Crippen molar-refractivity contribution in [2.45, 2.75) is 38.8 Å². The first-order valence-corrected chi connectivity index (χ1v) is 11.4. The van der Waals surface area contributed by atoms with Crippen LogP contribution in [0.1, 0.15) is 44.4 Å². The molecule has 1 aliphatic carbocycles. The summed E-state index contributed by atoms with van der Waals surface area (Å²) in [6, 6.07) is 21.8. The highest BCUT2D eigenvalue weighted by Crippen LogP contribution is 2.45. The van der Waals surface area contributed by atoms with E-state index in [9.17, 15) is 4.79 Å². The van der Waals surface area contributed by atoms with Crippen molar-refractivity contribution in [1.29, 1.82) is 0 Å². The fourth-order valence-corrected chi connectivity index (χ4v) is 4.70. The molecule has 2 fully saturated rings. The van der Waals surface area contributed by atoms with E-state index in [1.54, 1.807) is 0 Å². The number of hydrogen-bond donors (Lipinski definition) is 1. The summed E-state index contributed by atoms with van der Waals surface area (Å²) in [4.78, 5) is 17.5. The van der Waals surface area contributed by atoms with Crippen LogP contribution in [-0.2, 0) is 4.79 Å². The molecule has 31 heavy (non-hydrogen) atoms. The molecule has 4 rings (SSSR count). The number of piperazine rings is 1. The van der Waals surface area contributed by atoms with Gasteiger partial charge in [0.05, 0.1) is 6.04 Å². The lowest BCUT2D eigenvalue weighted by Crippen LogP contribution is -2.47. The van der Waals surface area contributed by atoms with Gasteiger partial charge >= 0.3 is 0 Å². The highest BCUT2D eigenvalue weighted by atomic mass is 16.2. The third kappa shape index (κ3) is 5.19. The molecule has 2 atom stereocenters. The molecule has 2 aliphatic rings. The van der Waals surface area contributed by atoms with Gasteiger partial charge in [-0.1, -0.05) is 67.2 Å². The standard InChI is InChI=1S/C27H35N3O/c1-20(23-19-24(23)26(31)28-27(2,3)4)29-15-17-30(18-16-29)25(21-11-7-5-8-12-21)22-13-9-6-10-14-22/h5-14,23-25H,1,15-19H2,2-4H3,(H,28,31)/t23-,24+/m1/s1. The van der Waals surface area contributed by atoms with E-state index in [-0.39, 0.29) is 23.4 Å². The molecule has 2 aromatic carbocycles. The van der Waals surface area contributed by atoms with Crippen LogP contribution < -0.4 is 5.32 Å². The molecule has 1 aliphatic heterocycles. The Morgan fingerprint density at radius 1 is 0.903 bits per heavy atom. The maximum absolute atomic E-state index is 12.5. The summed E-state index contributed by atoms with van der Waals surface area (Å²) in [6.07, 6.45) is 0.928. The predicted molar refractivity (Wildman–Crippen MR) is 127 cm³/mol. The van der Waals surface area contributed by atoms with E-state index >= 15 is 0 Å². The van der Waals surface area contributed by atoms with Crippen LogP contribution in [0.3, 0.4) is 0 Å². The van der Waals surface area contributed by atoms with Crippen LogP contribution in [0.25, 0.3) is 0 Å². The third-order valence-electron chi connectivity index (χ3n) is 6.37. The van der Waals surface area contributed by atoms with Gasteiger partial charge in [-0.05, 0) is 38.3 Å².